The molecule has 7 nitrogen and oxygen atoms in total. The van der Waals surface area contributed by atoms with E-state index in [1.165, 1.54) is 0 Å². The van der Waals surface area contributed by atoms with Crippen LogP contribution in [0.15, 0.2) is 53.5 Å². The zero-order valence-corrected chi connectivity index (χ0v) is 17.9. The third-order valence-electron chi connectivity index (χ3n) is 4.36. The highest BCUT2D eigenvalue weighted by Gasteiger charge is 2.07. The first-order chi connectivity index (χ1) is 14.5. The van der Waals surface area contributed by atoms with Gasteiger partial charge in [0.2, 0.25) is 0 Å². The standard InChI is InChI=1S/C23H32N4O3/c1-4-25-23(26-12-11-18-8-6-9-19(14-18)22(29)24-3)27-15-20(28)16-30-21-10-5-7-17(2)13-21/h5-10,13-14,20,28H,4,11-12,15-16H2,1-3H3,(H,24,29)(H2,25,26,27). The summed E-state index contributed by atoms with van der Waals surface area (Å²) in [7, 11) is 1.62. The number of aliphatic imine (C=N–C) groups is 1. The second-order valence-corrected chi connectivity index (χ2v) is 6.96. The molecule has 1 unspecified atom stereocenters. The van der Waals surface area contributed by atoms with Crippen molar-refractivity contribution < 1.29 is 14.6 Å². The number of benzene rings is 2. The van der Waals surface area contributed by atoms with Crippen LogP contribution in [0.1, 0.15) is 28.4 Å². The first-order valence-corrected chi connectivity index (χ1v) is 10.2. The predicted molar refractivity (Wildman–Crippen MR) is 120 cm³/mol. The van der Waals surface area contributed by atoms with E-state index in [1.807, 2.05) is 56.3 Å². The average molecular weight is 413 g/mol. The van der Waals surface area contributed by atoms with Gasteiger partial charge in [0.05, 0.1) is 6.54 Å². The number of carbonyl (C=O) groups is 1. The molecule has 7 heteroatoms. The van der Waals surface area contributed by atoms with Gasteiger partial charge in [0.1, 0.15) is 18.5 Å². The molecular weight excluding hydrogens is 380 g/mol. The molecule has 2 rings (SSSR count). The molecule has 162 valence electrons. The van der Waals surface area contributed by atoms with Crippen LogP contribution < -0.4 is 20.7 Å². The van der Waals surface area contributed by atoms with Gasteiger partial charge in [-0.05, 0) is 55.7 Å². The van der Waals surface area contributed by atoms with Crippen LogP contribution in [-0.4, -0.2) is 56.4 Å². The number of hydrogen-bond donors (Lipinski definition) is 4. The lowest BCUT2D eigenvalue weighted by atomic mass is 10.1. The van der Waals surface area contributed by atoms with E-state index in [9.17, 15) is 9.90 Å². The number of hydrogen-bond acceptors (Lipinski definition) is 4. The van der Waals surface area contributed by atoms with E-state index in [0.29, 0.717) is 24.6 Å². The Balaban J connectivity index is 1.81. The minimum Gasteiger partial charge on any atom is -0.491 e. The van der Waals surface area contributed by atoms with Crippen LogP contribution in [0.4, 0.5) is 0 Å². The molecular formula is C23H32N4O3. The number of rotatable bonds is 10. The number of amides is 1. The topological polar surface area (TPSA) is 95.0 Å². The summed E-state index contributed by atoms with van der Waals surface area (Å²) in [5.41, 5.74) is 2.82. The normalized spacial score (nSPS) is 12.2. The molecule has 0 aliphatic heterocycles. The summed E-state index contributed by atoms with van der Waals surface area (Å²) in [5, 5.41) is 19.2. The predicted octanol–water partition coefficient (Wildman–Crippen LogP) is 1.89. The van der Waals surface area contributed by atoms with Crippen LogP contribution >= 0.6 is 0 Å². The maximum Gasteiger partial charge on any atom is 0.251 e. The van der Waals surface area contributed by atoms with Crippen molar-refractivity contribution in [2.24, 2.45) is 4.99 Å². The maximum absolute atomic E-state index is 11.8. The summed E-state index contributed by atoms with van der Waals surface area (Å²) in [6.45, 7) is 5.76. The second kappa shape index (κ2) is 12.5. The largest absolute Gasteiger partial charge is 0.491 e. The summed E-state index contributed by atoms with van der Waals surface area (Å²) >= 11 is 0. The van der Waals surface area contributed by atoms with Gasteiger partial charge < -0.3 is 25.8 Å². The highest BCUT2D eigenvalue weighted by atomic mass is 16.5. The smallest absolute Gasteiger partial charge is 0.251 e. The average Bonchev–Trinajstić information content (AvgIpc) is 2.75. The number of guanidine groups is 1. The third-order valence-corrected chi connectivity index (χ3v) is 4.36. The Morgan fingerprint density at radius 2 is 1.97 bits per heavy atom. The summed E-state index contributed by atoms with van der Waals surface area (Å²) in [6, 6.07) is 15.3. The van der Waals surface area contributed by atoms with Crippen molar-refractivity contribution in [2.45, 2.75) is 26.4 Å². The Kier molecular flexibility index (Phi) is 9.67. The van der Waals surface area contributed by atoms with Crippen molar-refractivity contribution in [2.75, 3.05) is 33.3 Å². The number of carbonyl (C=O) groups excluding carboxylic acids is 1. The van der Waals surface area contributed by atoms with Crippen molar-refractivity contribution in [3.63, 3.8) is 0 Å². The van der Waals surface area contributed by atoms with Crippen LogP contribution in [0.2, 0.25) is 0 Å². The molecule has 0 radical (unpaired) electrons. The molecule has 1 amide bonds. The SMILES string of the molecule is CCNC(=NCC(O)COc1cccc(C)c1)NCCc1cccc(C(=O)NC)c1. The number of ether oxygens (including phenoxy) is 1. The van der Waals surface area contributed by atoms with Gasteiger partial charge in [0.15, 0.2) is 5.96 Å². The van der Waals surface area contributed by atoms with E-state index < -0.39 is 6.10 Å². The molecule has 0 aliphatic rings. The quantitative estimate of drug-likeness (QED) is 0.353. The number of aliphatic hydroxyl groups is 1. The van der Waals surface area contributed by atoms with Crippen molar-refractivity contribution in [3.8, 4) is 5.75 Å². The Labute approximate surface area is 178 Å². The fourth-order valence-electron chi connectivity index (χ4n) is 2.83. The first-order valence-electron chi connectivity index (χ1n) is 10.2. The van der Waals surface area contributed by atoms with E-state index in [2.05, 4.69) is 20.9 Å². The zero-order valence-electron chi connectivity index (χ0n) is 17.9. The molecule has 0 aliphatic carbocycles. The van der Waals surface area contributed by atoms with Crippen molar-refractivity contribution in [3.05, 3.63) is 65.2 Å². The Bertz CT molecular complexity index is 839. The van der Waals surface area contributed by atoms with E-state index in [4.69, 9.17) is 4.74 Å². The van der Waals surface area contributed by atoms with Gasteiger partial charge in [0, 0.05) is 25.7 Å². The van der Waals surface area contributed by atoms with E-state index in [0.717, 1.165) is 23.3 Å². The Hall–Kier alpha value is -3.06. The minimum absolute atomic E-state index is 0.0958. The molecule has 0 spiro atoms. The molecule has 1 atom stereocenters. The molecule has 2 aromatic rings. The molecule has 4 N–H and O–H groups in total. The fraction of sp³-hybridized carbons (Fsp3) is 0.391. The van der Waals surface area contributed by atoms with Gasteiger partial charge in [0.25, 0.3) is 5.91 Å². The van der Waals surface area contributed by atoms with Crippen LogP contribution in [0, 0.1) is 6.92 Å². The van der Waals surface area contributed by atoms with Crippen LogP contribution in [0.5, 0.6) is 5.75 Å². The summed E-state index contributed by atoms with van der Waals surface area (Å²) in [6.07, 6.45) is 0.0408. The summed E-state index contributed by atoms with van der Waals surface area (Å²) in [5.74, 6) is 1.28. The molecule has 30 heavy (non-hydrogen) atoms. The highest BCUT2D eigenvalue weighted by Crippen LogP contribution is 2.12. The zero-order chi connectivity index (χ0) is 21.8. The number of aryl methyl sites for hydroxylation is 1. The Morgan fingerprint density at radius 1 is 1.17 bits per heavy atom. The van der Waals surface area contributed by atoms with Crippen LogP contribution in [0.25, 0.3) is 0 Å². The van der Waals surface area contributed by atoms with E-state index >= 15 is 0 Å². The third kappa shape index (κ3) is 8.13. The van der Waals surface area contributed by atoms with Gasteiger partial charge in [-0.3, -0.25) is 9.79 Å². The van der Waals surface area contributed by atoms with Crippen molar-refractivity contribution >= 4 is 11.9 Å². The summed E-state index contributed by atoms with van der Waals surface area (Å²) < 4.78 is 5.63. The van der Waals surface area contributed by atoms with E-state index in [1.54, 1.807) is 13.1 Å². The molecule has 0 saturated carbocycles. The molecule has 0 aromatic heterocycles. The monoisotopic (exact) mass is 412 g/mol. The number of nitrogens with one attached hydrogen (secondary N) is 3. The van der Waals surface area contributed by atoms with Crippen molar-refractivity contribution in [1.82, 2.24) is 16.0 Å². The summed E-state index contributed by atoms with van der Waals surface area (Å²) in [4.78, 5) is 16.2. The molecule has 0 heterocycles. The number of aliphatic hydroxyl groups excluding tert-OH is 1. The lowest BCUT2D eigenvalue weighted by Crippen LogP contribution is -2.39. The minimum atomic E-state index is -0.704. The Morgan fingerprint density at radius 3 is 2.70 bits per heavy atom. The van der Waals surface area contributed by atoms with Gasteiger partial charge in [-0.25, -0.2) is 0 Å². The van der Waals surface area contributed by atoms with Crippen molar-refractivity contribution in [1.29, 1.82) is 0 Å². The van der Waals surface area contributed by atoms with Crippen LogP contribution in [0.3, 0.4) is 0 Å². The van der Waals surface area contributed by atoms with Gasteiger partial charge >= 0.3 is 0 Å². The highest BCUT2D eigenvalue weighted by molar-refractivity contribution is 5.94. The molecule has 0 bridgehead atoms. The lowest BCUT2D eigenvalue weighted by molar-refractivity contribution is 0.0963. The van der Waals surface area contributed by atoms with Crippen LogP contribution in [-0.2, 0) is 6.42 Å². The maximum atomic E-state index is 11.8. The fourth-order valence-corrected chi connectivity index (χ4v) is 2.83. The van der Waals surface area contributed by atoms with Gasteiger partial charge in [-0.1, -0.05) is 24.3 Å². The first kappa shape index (κ1) is 23.2. The molecule has 0 fully saturated rings. The lowest BCUT2D eigenvalue weighted by Gasteiger charge is -2.14. The molecule has 0 saturated heterocycles. The van der Waals surface area contributed by atoms with Gasteiger partial charge in [-0.2, -0.15) is 0 Å². The van der Waals surface area contributed by atoms with Gasteiger partial charge in [-0.15, -0.1) is 0 Å². The number of nitrogens with zero attached hydrogens (tertiary/aromatic N) is 1. The van der Waals surface area contributed by atoms with E-state index in [-0.39, 0.29) is 19.1 Å². The second-order valence-electron chi connectivity index (χ2n) is 6.96. The molecule has 2 aromatic carbocycles.